The van der Waals surface area contributed by atoms with Gasteiger partial charge in [0.15, 0.2) is 11.6 Å². The molecule has 0 aromatic heterocycles. The summed E-state index contributed by atoms with van der Waals surface area (Å²) in [5.74, 6) is -0.165. The fourth-order valence-corrected chi connectivity index (χ4v) is 3.16. The summed E-state index contributed by atoms with van der Waals surface area (Å²) in [4.78, 5) is 14.5. The van der Waals surface area contributed by atoms with E-state index in [1.54, 1.807) is 18.2 Å². The minimum absolute atomic E-state index is 0.00966. The molecule has 1 aromatic rings. The third-order valence-electron chi connectivity index (χ3n) is 4.64. The molecule has 2 unspecified atom stereocenters. The Morgan fingerprint density at radius 2 is 1.96 bits per heavy atom. The van der Waals surface area contributed by atoms with Gasteiger partial charge in [0.25, 0.3) is 0 Å². The molecule has 1 saturated heterocycles. The van der Waals surface area contributed by atoms with Crippen molar-refractivity contribution in [1.82, 2.24) is 10.2 Å². The fraction of sp³-hybridized carbons (Fsp3) is 0.650. The first-order valence-electron chi connectivity index (χ1n) is 9.32. The summed E-state index contributed by atoms with van der Waals surface area (Å²) in [6, 6.07) is 6.29. The summed E-state index contributed by atoms with van der Waals surface area (Å²) in [5.41, 5.74) is -0.133. The topological polar surface area (TPSA) is 50.8 Å². The molecule has 0 aliphatic carbocycles. The van der Waals surface area contributed by atoms with E-state index in [9.17, 15) is 9.18 Å². The van der Waals surface area contributed by atoms with Crippen LogP contribution in [-0.4, -0.2) is 54.8 Å². The van der Waals surface area contributed by atoms with Crippen LogP contribution in [-0.2, 0) is 9.53 Å². The molecule has 0 spiro atoms. The van der Waals surface area contributed by atoms with E-state index in [2.05, 4.69) is 37.9 Å². The van der Waals surface area contributed by atoms with Crippen LogP contribution in [0.15, 0.2) is 24.3 Å². The highest BCUT2D eigenvalue weighted by Crippen LogP contribution is 2.20. The second-order valence-electron chi connectivity index (χ2n) is 7.63. The molecular formula is C20H31FN2O3. The second-order valence-corrected chi connectivity index (χ2v) is 7.63. The quantitative estimate of drug-likeness (QED) is 0.719. The molecule has 2 rings (SSSR count). The van der Waals surface area contributed by atoms with Gasteiger partial charge in [0, 0.05) is 31.6 Å². The van der Waals surface area contributed by atoms with E-state index in [4.69, 9.17) is 9.47 Å². The van der Waals surface area contributed by atoms with Crippen molar-refractivity contribution < 1.29 is 18.7 Å². The predicted octanol–water partition coefficient (Wildman–Crippen LogP) is 2.99. The van der Waals surface area contributed by atoms with Gasteiger partial charge in [-0.2, -0.15) is 0 Å². The number of ether oxygens (including phenoxy) is 2. The Morgan fingerprint density at radius 3 is 2.62 bits per heavy atom. The SMILES string of the molecule is CC1CN(C(C)(C)CNC(=O)CCCOc2ccccc2F)CC(C)O1. The second kappa shape index (κ2) is 9.33. The van der Waals surface area contributed by atoms with Gasteiger partial charge in [0.2, 0.25) is 5.91 Å². The summed E-state index contributed by atoms with van der Waals surface area (Å²) in [6.07, 6.45) is 1.31. The van der Waals surface area contributed by atoms with Crippen LogP contribution in [0.25, 0.3) is 0 Å². The maximum atomic E-state index is 13.4. The molecule has 1 fully saturated rings. The lowest BCUT2D eigenvalue weighted by Crippen LogP contribution is -2.58. The van der Waals surface area contributed by atoms with Crippen molar-refractivity contribution >= 4 is 5.91 Å². The van der Waals surface area contributed by atoms with Crippen molar-refractivity contribution in [3.63, 3.8) is 0 Å². The smallest absolute Gasteiger partial charge is 0.220 e. The van der Waals surface area contributed by atoms with E-state index < -0.39 is 0 Å². The van der Waals surface area contributed by atoms with Crippen molar-refractivity contribution in [1.29, 1.82) is 0 Å². The normalized spacial score (nSPS) is 21.4. The van der Waals surface area contributed by atoms with E-state index in [1.807, 2.05) is 0 Å². The summed E-state index contributed by atoms with van der Waals surface area (Å²) >= 11 is 0. The highest BCUT2D eigenvalue weighted by molar-refractivity contribution is 5.75. The number of para-hydroxylation sites is 1. The Labute approximate surface area is 155 Å². The first kappa shape index (κ1) is 20.6. The Morgan fingerprint density at radius 1 is 1.31 bits per heavy atom. The number of hydrogen-bond donors (Lipinski definition) is 1. The van der Waals surface area contributed by atoms with Gasteiger partial charge in [-0.1, -0.05) is 12.1 Å². The van der Waals surface area contributed by atoms with Crippen LogP contribution >= 0.6 is 0 Å². The molecule has 2 atom stereocenters. The van der Waals surface area contributed by atoms with Gasteiger partial charge in [-0.15, -0.1) is 0 Å². The molecule has 1 aromatic carbocycles. The number of benzene rings is 1. The van der Waals surface area contributed by atoms with Crippen molar-refractivity contribution in [2.45, 2.75) is 58.3 Å². The highest BCUT2D eigenvalue weighted by atomic mass is 19.1. The van der Waals surface area contributed by atoms with Gasteiger partial charge >= 0.3 is 0 Å². The van der Waals surface area contributed by atoms with Crippen LogP contribution in [0.3, 0.4) is 0 Å². The third-order valence-corrected chi connectivity index (χ3v) is 4.64. The molecule has 1 aliphatic rings. The van der Waals surface area contributed by atoms with E-state index in [-0.39, 0.29) is 35.2 Å². The zero-order valence-electron chi connectivity index (χ0n) is 16.3. The van der Waals surface area contributed by atoms with Gasteiger partial charge in [-0.3, -0.25) is 9.69 Å². The molecule has 1 aliphatic heterocycles. The Bertz CT molecular complexity index is 584. The van der Waals surface area contributed by atoms with Crippen LogP contribution in [0.4, 0.5) is 4.39 Å². The molecule has 1 amide bonds. The van der Waals surface area contributed by atoms with Gasteiger partial charge in [0.1, 0.15) is 0 Å². The lowest BCUT2D eigenvalue weighted by molar-refractivity contribution is -0.123. The number of carbonyl (C=O) groups excluding carboxylic acids is 1. The van der Waals surface area contributed by atoms with E-state index in [0.717, 1.165) is 13.1 Å². The van der Waals surface area contributed by atoms with Gasteiger partial charge in [0.05, 0.1) is 18.8 Å². The number of amides is 1. The summed E-state index contributed by atoms with van der Waals surface area (Å²) in [6.45, 7) is 11.1. The lowest BCUT2D eigenvalue weighted by Gasteiger charge is -2.45. The zero-order chi connectivity index (χ0) is 19.2. The number of rotatable bonds is 8. The Balaban J connectivity index is 1.68. The first-order chi connectivity index (χ1) is 12.3. The summed E-state index contributed by atoms with van der Waals surface area (Å²) in [5, 5.41) is 3.01. The van der Waals surface area contributed by atoms with Crippen molar-refractivity contribution in [3.8, 4) is 5.75 Å². The molecule has 5 nitrogen and oxygen atoms in total. The maximum Gasteiger partial charge on any atom is 0.220 e. The van der Waals surface area contributed by atoms with Crippen molar-refractivity contribution in [2.75, 3.05) is 26.2 Å². The van der Waals surface area contributed by atoms with Crippen LogP contribution < -0.4 is 10.1 Å². The number of nitrogens with one attached hydrogen (secondary N) is 1. The molecule has 1 heterocycles. The van der Waals surface area contributed by atoms with E-state index >= 15 is 0 Å². The van der Waals surface area contributed by atoms with E-state index in [1.165, 1.54) is 6.07 Å². The molecular weight excluding hydrogens is 335 g/mol. The molecule has 6 heteroatoms. The zero-order valence-corrected chi connectivity index (χ0v) is 16.3. The first-order valence-corrected chi connectivity index (χ1v) is 9.32. The molecule has 146 valence electrons. The fourth-order valence-electron chi connectivity index (χ4n) is 3.16. The average molecular weight is 366 g/mol. The maximum absolute atomic E-state index is 13.4. The minimum Gasteiger partial charge on any atom is -0.491 e. The lowest BCUT2D eigenvalue weighted by atomic mass is 10.00. The van der Waals surface area contributed by atoms with Crippen LogP contribution in [0.1, 0.15) is 40.5 Å². The molecule has 26 heavy (non-hydrogen) atoms. The monoisotopic (exact) mass is 366 g/mol. The summed E-state index contributed by atoms with van der Waals surface area (Å²) < 4.78 is 24.6. The number of nitrogens with zero attached hydrogens (tertiary/aromatic N) is 1. The Hall–Kier alpha value is -1.66. The molecule has 0 bridgehead atoms. The van der Waals surface area contributed by atoms with Crippen LogP contribution in [0, 0.1) is 5.82 Å². The average Bonchev–Trinajstić information content (AvgIpc) is 2.57. The number of hydrogen-bond acceptors (Lipinski definition) is 4. The Kier molecular flexibility index (Phi) is 7.41. The molecule has 1 N–H and O–H groups in total. The van der Waals surface area contributed by atoms with Gasteiger partial charge < -0.3 is 14.8 Å². The predicted molar refractivity (Wildman–Crippen MR) is 99.8 cm³/mol. The third kappa shape index (κ3) is 6.25. The molecule has 0 saturated carbocycles. The van der Waals surface area contributed by atoms with Gasteiger partial charge in [-0.05, 0) is 46.2 Å². The minimum atomic E-state index is -0.382. The van der Waals surface area contributed by atoms with Crippen molar-refractivity contribution in [2.24, 2.45) is 0 Å². The number of morpholine rings is 1. The van der Waals surface area contributed by atoms with E-state index in [0.29, 0.717) is 26.0 Å². The number of carbonyl (C=O) groups is 1. The largest absolute Gasteiger partial charge is 0.491 e. The number of halogens is 1. The van der Waals surface area contributed by atoms with Crippen molar-refractivity contribution in [3.05, 3.63) is 30.1 Å². The summed E-state index contributed by atoms with van der Waals surface area (Å²) in [7, 11) is 0. The highest BCUT2D eigenvalue weighted by Gasteiger charge is 2.33. The van der Waals surface area contributed by atoms with Crippen LogP contribution in [0.2, 0.25) is 0 Å². The standard InChI is InChI=1S/C20H31FN2O3/c1-15-12-23(13-16(2)26-15)20(3,4)14-22-19(24)10-7-11-25-18-9-6-5-8-17(18)21/h5-6,8-9,15-16H,7,10-14H2,1-4H3,(H,22,24). The van der Waals surface area contributed by atoms with Crippen LogP contribution in [0.5, 0.6) is 5.75 Å². The molecule has 0 radical (unpaired) electrons. The van der Waals surface area contributed by atoms with Gasteiger partial charge in [-0.25, -0.2) is 4.39 Å².